The molecule has 0 aliphatic rings. The van der Waals surface area contributed by atoms with Crippen LogP contribution in [-0.4, -0.2) is 38.1 Å². The second kappa shape index (κ2) is 7.89. The maximum Gasteiger partial charge on any atom is 0.0200 e. The summed E-state index contributed by atoms with van der Waals surface area (Å²) in [5, 5.41) is 3.60. The monoisotopic (exact) mass is 212 g/mol. The van der Waals surface area contributed by atoms with Crippen molar-refractivity contribution in [1.29, 1.82) is 0 Å². The highest BCUT2D eigenvalue weighted by molar-refractivity contribution is 4.95. The minimum Gasteiger partial charge on any atom is -0.309 e. The highest BCUT2D eigenvalue weighted by atomic mass is 15.1. The van der Waals surface area contributed by atoms with E-state index in [0.717, 1.165) is 19.0 Å². The average Bonchev–Trinajstić information content (AvgIpc) is 2.00. The zero-order valence-corrected chi connectivity index (χ0v) is 11.3. The van der Waals surface area contributed by atoms with Crippen molar-refractivity contribution in [2.45, 2.75) is 40.2 Å². The summed E-state index contributed by atoms with van der Waals surface area (Å²) in [5.41, 5.74) is 1.38. The molecule has 0 rings (SSSR count). The summed E-state index contributed by atoms with van der Waals surface area (Å²) >= 11 is 0. The Hall–Kier alpha value is -0.340. The molecule has 0 aromatic rings. The first-order valence-electron chi connectivity index (χ1n) is 5.93. The van der Waals surface area contributed by atoms with Crippen molar-refractivity contribution in [3.8, 4) is 0 Å². The molecule has 1 unspecified atom stereocenters. The van der Waals surface area contributed by atoms with Gasteiger partial charge >= 0.3 is 0 Å². The Labute approximate surface area is 95.7 Å². The van der Waals surface area contributed by atoms with Gasteiger partial charge in [-0.25, -0.2) is 0 Å². The van der Waals surface area contributed by atoms with Crippen LogP contribution in [0, 0.1) is 5.92 Å². The molecule has 15 heavy (non-hydrogen) atoms. The van der Waals surface area contributed by atoms with E-state index in [2.05, 4.69) is 58.1 Å². The van der Waals surface area contributed by atoms with Gasteiger partial charge in [0.25, 0.3) is 0 Å². The molecule has 0 saturated carbocycles. The molecule has 1 atom stereocenters. The SMILES string of the molecule is CC(C)=CCNC(CC(C)C)CN(C)C. The van der Waals surface area contributed by atoms with Gasteiger partial charge in [0.05, 0.1) is 0 Å². The molecule has 0 amide bonds. The van der Waals surface area contributed by atoms with Crippen LogP contribution in [0.4, 0.5) is 0 Å². The van der Waals surface area contributed by atoms with Crippen LogP contribution >= 0.6 is 0 Å². The molecule has 0 aromatic carbocycles. The lowest BCUT2D eigenvalue weighted by molar-refractivity contribution is 0.312. The number of hydrogen-bond donors (Lipinski definition) is 1. The summed E-state index contributed by atoms with van der Waals surface area (Å²) in [4.78, 5) is 2.25. The lowest BCUT2D eigenvalue weighted by Gasteiger charge is -2.23. The summed E-state index contributed by atoms with van der Waals surface area (Å²) in [7, 11) is 4.27. The zero-order valence-electron chi connectivity index (χ0n) is 11.3. The Bertz CT molecular complexity index is 169. The summed E-state index contributed by atoms with van der Waals surface area (Å²) in [6.45, 7) is 11.0. The predicted molar refractivity (Wildman–Crippen MR) is 69.2 cm³/mol. The maximum absolute atomic E-state index is 3.60. The molecule has 0 bridgehead atoms. The Morgan fingerprint density at radius 3 is 2.27 bits per heavy atom. The molecule has 0 spiro atoms. The van der Waals surface area contributed by atoms with E-state index < -0.39 is 0 Å². The number of nitrogens with one attached hydrogen (secondary N) is 1. The fourth-order valence-electron chi connectivity index (χ4n) is 1.66. The molecule has 2 heteroatoms. The minimum absolute atomic E-state index is 0.607. The van der Waals surface area contributed by atoms with Crippen LogP contribution in [0.15, 0.2) is 11.6 Å². The van der Waals surface area contributed by atoms with E-state index in [-0.39, 0.29) is 0 Å². The van der Waals surface area contributed by atoms with E-state index in [4.69, 9.17) is 0 Å². The number of allylic oxidation sites excluding steroid dienone is 1. The van der Waals surface area contributed by atoms with Gasteiger partial charge in [-0.1, -0.05) is 25.5 Å². The van der Waals surface area contributed by atoms with Crippen LogP contribution in [0.2, 0.25) is 0 Å². The van der Waals surface area contributed by atoms with Gasteiger partial charge in [0.2, 0.25) is 0 Å². The third-order valence-corrected chi connectivity index (χ3v) is 2.26. The van der Waals surface area contributed by atoms with E-state index in [1.807, 2.05) is 0 Å². The summed E-state index contributed by atoms with van der Waals surface area (Å²) in [6, 6.07) is 0.607. The van der Waals surface area contributed by atoms with E-state index in [0.29, 0.717) is 6.04 Å². The maximum atomic E-state index is 3.60. The van der Waals surface area contributed by atoms with Crippen LogP contribution in [0.25, 0.3) is 0 Å². The first-order valence-corrected chi connectivity index (χ1v) is 5.93. The first-order chi connectivity index (χ1) is 6.91. The molecule has 0 aromatic heterocycles. The Morgan fingerprint density at radius 2 is 1.87 bits per heavy atom. The molecular formula is C13H28N2. The third-order valence-electron chi connectivity index (χ3n) is 2.26. The van der Waals surface area contributed by atoms with E-state index in [1.165, 1.54) is 12.0 Å². The highest BCUT2D eigenvalue weighted by Crippen LogP contribution is 2.05. The topological polar surface area (TPSA) is 15.3 Å². The van der Waals surface area contributed by atoms with Crippen LogP contribution in [0.5, 0.6) is 0 Å². The second-order valence-electron chi connectivity index (χ2n) is 5.28. The average molecular weight is 212 g/mol. The molecular weight excluding hydrogens is 184 g/mol. The molecule has 0 fully saturated rings. The van der Waals surface area contributed by atoms with E-state index in [9.17, 15) is 0 Å². The molecule has 0 heterocycles. The van der Waals surface area contributed by atoms with Crippen LogP contribution in [-0.2, 0) is 0 Å². The quantitative estimate of drug-likeness (QED) is 0.652. The van der Waals surface area contributed by atoms with Crippen molar-refractivity contribution >= 4 is 0 Å². The van der Waals surface area contributed by atoms with Crippen LogP contribution in [0.1, 0.15) is 34.1 Å². The largest absolute Gasteiger partial charge is 0.309 e. The number of likely N-dealkylation sites (N-methyl/N-ethyl adjacent to an activating group) is 1. The highest BCUT2D eigenvalue weighted by Gasteiger charge is 2.10. The van der Waals surface area contributed by atoms with Crippen LogP contribution < -0.4 is 5.32 Å². The fourth-order valence-corrected chi connectivity index (χ4v) is 1.66. The van der Waals surface area contributed by atoms with E-state index >= 15 is 0 Å². The predicted octanol–water partition coefficient (Wildman–Crippen LogP) is 2.52. The molecule has 0 aliphatic heterocycles. The van der Waals surface area contributed by atoms with Crippen molar-refractivity contribution < 1.29 is 0 Å². The van der Waals surface area contributed by atoms with Gasteiger partial charge in [-0.05, 0) is 40.3 Å². The lowest BCUT2D eigenvalue weighted by atomic mass is 10.0. The standard InChI is InChI=1S/C13H28N2/c1-11(2)7-8-14-13(9-12(3)4)10-15(5)6/h7,12-14H,8-10H2,1-6H3. The zero-order chi connectivity index (χ0) is 11.8. The third kappa shape index (κ3) is 9.95. The van der Waals surface area contributed by atoms with Crippen molar-refractivity contribution in [1.82, 2.24) is 10.2 Å². The van der Waals surface area contributed by atoms with E-state index in [1.54, 1.807) is 0 Å². The van der Waals surface area contributed by atoms with Gasteiger partial charge in [0, 0.05) is 19.1 Å². The Balaban J connectivity index is 3.95. The summed E-state index contributed by atoms with van der Waals surface area (Å²) in [5.74, 6) is 0.758. The van der Waals surface area contributed by atoms with Crippen LogP contribution in [0.3, 0.4) is 0 Å². The Kier molecular flexibility index (Phi) is 7.71. The smallest absolute Gasteiger partial charge is 0.0200 e. The van der Waals surface area contributed by atoms with Crippen molar-refractivity contribution in [2.75, 3.05) is 27.2 Å². The molecule has 90 valence electrons. The Morgan fingerprint density at radius 1 is 1.27 bits per heavy atom. The lowest BCUT2D eigenvalue weighted by Crippen LogP contribution is -2.39. The number of hydrogen-bond acceptors (Lipinski definition) is 2. The van der Waals surface area contributed by atoms with Gasteiger partial charge in [-0.15, -0.1) is 0 Å². The molecule has 2 nitrogen and oxygen atoms in total. The molecule has 0 radical (unpaired) electrons. The van der Waals surface area contributed by atoms with Crippen molar-refractivity contribution in [3.05, 3.63) is 11.6 Å². The van der Waals surface area contributed by atoms with Crippen molar-refractivity contribution in [3.63, 3.8) is 0 Å². The van der Waals surface area contributed by atoms with Gasteiger partial charge in [0.15, 0.2) is 0 Å². The number of rotatable bonds is 7. The normalized spacial score (nSPS) is 13.3. The van der Waals surface area contributed by atoms with Crippen molar-refractivity contribution in [2.24, 2.45) is 5.92 Å². The summed E-state index contributed by atoms with van der Waals surface area (Å²) < 4.78 is 0. The van der Waals surface area contributed by atoms with Gasteiger partial charge in [-0.3, -0.25) is 0 Å². The summed E-state index contributed by atoms with van der Waals surface area (Å²) in [6.07, 6.45) is 3.50. The fraction of sp³-hybridized carbons (Fsp3) is 0.846. The molecule has 0 aliphatic carbocycles. The molecule has 1 N–H and O–H groups in total. The number of nitrogens with zero attached hydrogens (tertiary/aromatic N) is 1. The van der Waals surface area contributed by atoms with Gasteiger partial charge in [-0.2, -0.15) is 0 Å². The first kappa shape index (κ1) is 14.7. The molecule has 0 saturated heterocycles. The van der Waals surface area contributed by atoms with Gasteiger partial charge in [0.1, 0.15) is 0 Å². The van der Waals surface area contributed by atoms with Gasteiger partial charge < -0.3 is 10.2 Å². The minimum atomic E-state index is 0.607. The second-order valence-corrected chi connectivity index (χ2v) is 5.28.